The number of amides is 2. The number of carbonyl (C=O) groups is 1. The lowest BCUT2D eigenvalue weighted by Crippen LogP contribution is -2.52. The number of rotatable bonds is 8. The molecule has 1 atom stereocenters. The highest BCUT2D eigenvalue weighted by molar-refractivity contribution is 7.10. The Balaban J connectivity index is 1.64. The number of alkyl halides is 3. The van der Waals surface area contributed by atoms with Gasteiger partial charge in [0.15, 0.2) is 0 Å². The van der Waals surface area contributed by atoms with E-state index in [9.17, 15) is 18.0 Å². The summed E-state index contributed by atoms with van der Waals surface area (Å²) in [5, 5.41) is 5.08. The molecule has 148 valence electrons. The fraction of sp³-hybridized carbons (Fsp3) is 0.706. The van der Waals surface area contributed by atoms with E-state index >= 15 is 0 Å². The summed E-state index contributed by atoms with van der Waals surface area (Å²) in [5.41, 5.74) is 0. The molecule has 1 saturated heterocycles. The molecule has 2 heterocycles. The molecule has 5 nitrogen and oxygen atoms in total. The second-order valence-electron chi connectivity index (χ2n) is 6.28. The third-order valence-electron chi connectivity index (χ3n) is 4.28. The zero-order valence-electron chi connectivity index (χ0n) is 14.9. The Labute approximate surface area is 156 Å². The number of ether oxygens (including phenoxy) is 1. The maximum Gasteiger partial charge on any atom is 0.411 e. The van der Waals surface area contributed by atoms with Crippen LogP contribution in [0.4, 0.5) is 18.0 Å². The number of hydrogen-bond acceptors (Lipinski definition) is 4. The molecule has 0 aromatic carbocycles. The summed E-state index contributed by atoms with van der Waals surface area (Å²) < 4.78 is 40.6. The molecule has 0 bridgehead atoms. The van der Waals surface area contributed by atoms with Gasteiger partial charge in [-0.1, -0.05) is 13.0 Å². The first kappa shape index (κ1) is 21.0. The van der Waals surface area contributed by atoms with Gasteiger partial charge in [0.05, 0.1) is 6.04 Å². The van der Waals surface area contributed by atoms with Crippen LogP contribution in [0.2, 0.25) is 0 Å². The Bertz CT molecular complexity index is 532. The second kappa shape index (κ2) is 10.1. The smallest absolute Gasteiger partial charge is 0.372 e. The van der Waals surface area contributed by atoms with Gasteiger partial charge in [-0.3, -0.25) is 4.90 Å². The van der Waals surface area contributed by atoms with E-state index in [4.69, 9.17) is 0 Å². The fourth-order valence-corrected chi connectivity index (χ4v) is 3.72. The van der Waals surface area contributed by atoms with Crippen molar-refractivity contribution in [3.8, 4) is 0 Å². The first-order chi connectivity index (χ1) is 12.4. The number of carbonyl (C=O) groups excluding carboxylic acids is 1. The summed E-state index contributed by atoms with van der Waals surface area (Å²) >= 11 is 1.64. The number of thiophene rings is 1. The molecule has 2 amide bonds. The zero-order chi connectivity index (χ0) is 19.0. The van der Waals surface area contributed by atoms with Crippen LogP contribution in [0.1, 0.15) is 30.7 Å². The average molecular weight is 393 g/mol. The van der Waals surface area contributed by atoms with Crippen molar-refractivity contribution in [1.82, 2.24) is 15.1 Å². The van der Waals surface area contributed by atoms with E-state index in [0.29, 0.717) is 26.1 Å². The molecule has 1 aliphatic rings. The van der Waals surface area contributed by atoms with Crippen LogP contribution < -0.4 is 5.32 Å². The van der Waals surface area contributed by atoms with E-state index in [2.05, 4.69) is 15.0 Å². The molecule has 1 aromatic heterocycles. The molecule has 26 heavy (non-hydrogen) atoms. The van der Waals surface area contributed by atoms with Gasteiger partial charge in [0, 0.05) is 44.2 Å². The number of halogens is 3. The van der Waals surface area contributed by atoms with Crippen molar-refractivity contribution < 1.29 is 22.7 Å². The first-order valence-electron chi connectivity index (χ1n) is 8.84. The normalized spacial score (nSPS) is 17.3. The van der Waals surface area contributed by atoms with Gasteiger partial charge < -0.3 is 15.0 Å². The third kappa shape index (κ3) is 7.13. The number of nitrogens with one attached hydrogen (secondary N) is 1. The molecule has 9 heteroatoms. The Kier molecular flexibility index (Phi) is 8.17. The minimum absolute atomic E-state index is 0.0336. The topological polar surface area (TPSA) is 44.8 Å². The van der Waals surface area contributed by atoms with Gasteiger partial charge in [-0.25, -0.2) is 4.79 Å². The van der Waals surface area contributed by atoms with Crippen molar-refractivity contribution in [2.45, 2.75) is 32.0 Å². The predicted molar refractivity (Wildman–Crippen MR) is 95.4 cm³/mol. The van der Waals surface area contributed by atoms with Crippen molar-refractivity contribution in [2.75, 3.05) is 45.9 Å². The van der Waals surface area contributed by atoms with E-state index in [1.54, 1.807) is 16.2 Å². The highest BCUT2D eigenvalue weighted by Crippen LogP contribution is 2.22. The zero-order valence-corrected chi connectivity index (χ0v) is 15.7. The lowest BCUT2D eigenvalue weighted by molar-refractivity contribution is -0.174. The van der Waals surface area contributed by atoms with Crippen molar-refractivity contribution in [3.05, 3.63) is 22.4 Å². The molecular weight excluding hydrogens is 367 g/mol. The van der Waals surface area contributed by atoms with Crippen LogP contribution >= 0.6 is 11.3 Å². The van der Waals surface area contributed by atoms with Gasteiger partial charge in [-0.2, -0.15) is 13.2 Å². The van der Waals surface area contributed by atoms with Crippen LogP contribution in [0.3, 0.4) is 0 Å². The van der Waals surface area contributed by atoms with Gasteiger partial charge in [-0.15, -0.1) is 11.3 Å². The lowest BCUT2D eigenvalue weighted by Gasteiger charge is -2.35. The Morgan fingerprint density at radius 3 is 2.65 bits per heavy atom. The monoisotopic (exact) mass is 393 g/mol. The predicted octanol–water partition coefficient (Wildman–Crippen LogP) is 3.50. The van der Waals surface area contributed by atoms with Gasteiger partial charge in [-0.05, 0) is 24.3 Å². The molecule has 1 N–H and O–H groups in total. The van der Waals surface area contributed by atoms with Crippen molar-refractivity contribution in [2.24, 2.45) is 0 Å². The van der Waals surface area contributed by atoms with E-state index in [1.807, 2.05) is 24.4 Å². The summed E-state index contributed by atoms with van der Waals surface area (Å²) in [6.07, 6.45) is -2.87. The van der Waals surface area contributed by atoms with Crippen LogP contribution in [-0.4, -0.2) is 67.9 Å². The van der Waals surface area contributed by atoms with Crippen molar-refractivity contribution in [1.29, 1.82) is 0 Å². The first-order valence-corrected chi connectivity index (χ1v) is 9.72. The Morgan fingerprint density at radius 2 is 2.08 bits per heavy atom. The van der Waals surface area contributed by atoms with Gasteiger partial charge in [0.1, 0.15) is 6.61 Å². The summed E-state index contributed by atoms with van der Waals surface area (Å²) in [4.78, 5) is 17.5. The van der Waals surface area contributed by atoms with E-state index in [1.165, 1.54) is 0 Å². The number of urea groups is 1. The van der Waals surface area contributed by atoms with Gasteiger partial charge in [0.25, 0.3) is 0 Å². The minimum Gasteiger partial charge on any atom is -0.372 e. The third-order valence-corrected chi connectivity index (χ3v) is 5.27. The molecule has 0 aliphatic carbocycles. The molecule has 0 radical (unpaired) electrons. The molecule has 0 saturated carbocycles. The molecule has 2 rings (SSSR count). The molecule has 0 spiro atoms. The SMILES string of the molecule is CCC(NC(=O)N1CCN(CCCOCC(F)(F)F)CC1)c1cccs1. The minimum atomic E-state index is -4.27. The number of piperazine rings is 1. The number of hydrogen-bond donors (Lipinski definition) is 1. The molecule has 1 unspecified atom stereocenters. The molecule has 1 aromatic rings. The Hall–Kier alpha value is -1.32. The highest BCUT2D eigenvalue weighted by atomic mass is 32.1. The fourth-order valence-electron chi connectivity index (χ4n) is 2.86. The summed E-state index contributed by atoms with van der Waals surface area (Å²) in [6.45, 7) is 4.32. The van der Waals surface area contributed by atoms with Crippen LogP contribution in [0.15, 0.2) is 17.5 Å². The lowest BCUT2D eigenvalue weighted by atomic mass is 10.2. The van der Waals surface area contributed by atoms with E-state index < -0.39 is 12.8 Å². The second-order valence-corrected chi connectivity index (χ2v) is 7.26. The van der Waals surface area contributed by atoms with Crippen LogP contribution in [0.5, 0.6) is 0 Å². The number of nitrogens with zero attached hydrogens (tertiary/aromatic N) is 2. The Morgan fingerprint density at radius 1 is 1.35 bits per heavy atom. The molecule has 1 fully saturated rings. The largest absolute Gasteiger partial charge is 0.411 e. The molecule has 1 aliphatic heterocycles. The summed E-state index contributed by atoms with van der Waals surface area (Å²) in [6, 6.07) is 3.98. The quantitative estimate of drug-likeness (QED) is 0.688. The van der Waals surface area contributed by atoms with Crippen LogP contribution in [-0.2, 0) is 4.74 Å². The average Bonchev–Trinajstić information content (AvgIpc) is 3.13. The summed E-state index contributed by atoms with van der Waals surface area (Å²) in [5.74, 6) is 0. The van der Waals surface area contributed by atoms with E-state index in [-0.39, 0.29) is 18.7 Å². The van der Waals surface area contributed by atoms with Crippen LogP contribution in [0, 0.1) is 0 Å². The maximum atomic E-state index is 12.4. The van der Waals surface area contributed by atoms with Crippen LogP contribution in [0.25, 0.3) is 0 Å². The van der Waals surface area contributed by atoms with E-state index in [0.717, 1.165) is 24.4 Å². The van der Waals surface area contributed by atoms with Gasteiger partial charge in [0.2, 0.25) is 0 Å². The standard InChI is InChI=1S/C17H26F3N3O2S/c1-2-14(15-5-3-12-26-15)21-16(24)23-9-7-22(8-10-23)6-4-11-25-13-17(18,19)20/h3,5,12,14H,2,4,6-11,13H2,1H3,(H,21,24). The molecular formula is C17H26F3N3O2S. The van der Waals surface area contributed by atoms with Crippen molar-refractivity contribution in [3.63, 3.8) is 0 Å². The van der Waals surface area contributed by atoms with Gasteiger partial charge >= 0.3 is 12.2 Å². The van der Waals surface area contributed by atoms with Crippen molar-refractivity contribution >= 4 is 17.4 Å². The summed E-state index contributed by atoms with van der Waals surface area (Å²) in [7, 11) is 0. The highest BCUT2D eigenvalue weighted by Gasteiger charge is 2.27. The maximum absolute atomic E-state index is 12.4.